The van der Waals surface area contributed by atoms with E-state index < -0.39 is 5.79 Å². The van der Waals surface area contributed by atoms with Crippen LogP contribution in [0.5, 0.6) is 0 Å². The fourth-order valence-corrected chi connectivity index (χ4v) is 4.52. The van der Waals surface area contributed by atoms with Crippen molar-refractivity contribution in [3.63, 3.8) is 0 Å². The highest BCUT2D eigenvalue weighted by Crippen LogP contribution is 2.63. The van der Waals surface area contributed by atoms with Crippen LogP contribution in [0.25, 0.3) is 11.2 Å². The quantitative estimate of drug-likeness (QED) is 0.590. The molecule has 3 heterocycles. The van der Waals surface area contributed by atoms with Gasteiger partial charge in [-0.1, -0.05) is 11.6 Å². The Balaban J connectivity index is 1.63. The second-order valence-electron chi connectivity index (χ2n) is 6.73. The lowest BCUT2D eigenvalue weighted by Crippen LogP contribution is -2.30. The largest absolute Gasteiger partial charge is 0.344 e. The summed E-state index contributed by atoms with van der Waals surface area (Å²) in [5, 5.41) is 0.407. The van der Waals surface area contributed by atoms with Crippen LogP contribution in [-0.4, -0.2) is 37.5 Å². The van der Waals surface area contributed by atoms with Gasteiger partial charge in [0.1, 0.15) is 11.6 Å². The summed E-state index contributed by atoms with van der Waals surface area (Å²) in [5.41, 5.74) is 1.24. The highest BCUT2D eigenvalue weighted by Gasteiger charge is 2.66. The monoisotopic (exact) mass is 340 g/mol. The van der Waals surface area contributed by atoms with Gasteiger partial charge in [0.05, 0.1) is 18.5 Å². The van der Waals surface area contributed by atoms with E-state index in [1.54, 1.807) is 6.33 Å². The van der Waals surface area contributed by atoms with Crippen molar-refractivity contribution < 1.29 is 9.47 Å². The molecule has 0 aromatic carbocycles. The molecule has 0 amide bonds. The Bertz CT molecular complexity index is 792. The van der Waals surface area contributed by atoms with Crippen LogP contribution in [0.3, 0.4) is 0 Å². The van der Waals surface area contributed by atoms with Gasteiger partial charge in [-0.3, -0.25) is 0 Å². The maximum atomic E-state index is 6.14. The average Bonchev–Trinajstić information content (AvgIpc) is 2.84. The number of imidazole rings is 1. The van der Waals surface area contributed by atoms with E-state index in [0.29, 0.717) is 23.0 Å². The van der Waals surface area contributed by atoms with Crippen molar-refractivity contribution >= 4 is 34.4 Å². The molecule has 3 fully saturated rings. The van der Waals surface area contributed by atoms with Crippen LogP contribution in [0, 0.1) is 11.8 Å². The predicted octanol–water partition coefficient (Wildman–Crippen LogP) is 2.84. The topological polar surface area (TPSA) is 62.1 Å². The van der Waals surface area contributed by atoms with E-state index in [4.69, 9.17) is 32.7 Å². The maximum absolute atomic E-state index is 6.14. The zero-order valence-corrected chi connectivity index (χ0v) is 13.5. The first kappa shape index (κ1) is 13.5. The molecule has 0 bridgehead atoms. The third kappa shape index (κ3) is 1.72. The van der Waals surface area contributed by atoms with Gasteiger partial charge in [0.25, 0.3) is 0 Å². The van der Waals surface area contributed by atoms with Crippen molar-refractivity contribution in [2.45, 2.75) is 44.3 Å². The van der Waals surface area contributed by atoms with Gasteiger partial charge in [0.15, 0.2) is 16.6 Å². The lowest BCUT2D eigenvalue weighted by Gasteiger charge is -2.24. The predicted molar refractivity (Wildman–Crippen MR) is 79.8 cm³/mol. The molecule has 8 heteroatoms. The minimum absolute atomic E-state index is 0.0173. The molecule has 22 heavy (non-hydrogen) atoms. The van der Waals surface area contributed by atoms with Crippen molar-refractivity contribution in [3.8, 4) is 0 Å². The van der Waals surface area contributed by atoms with Crippen molar-refractivity contribution in [1.82, 2.24) is 19.5 Å². The number of hydrogen-bond donors (Lipinski definition) is 0. The zero-order valence-electron chi connectivity index (χ0n) is 12.0. The van der Waals surface area contributed by atoms with E-state index in [1.165, 1.54) is 0 Å². The number of fused-ring (bicyclic) bond motifs is 4. The number of ether oxygens (including phenoxy) is 2. The van der Waals surface area contributed by atoms with Crippen molar-refractivity contribution in [3.05, 3.63) is 16.8 Å². The highest BCUT2D eigenvalue weighted by atomic mass is 35.5. The van der Waals surface area contributed by atoms with Crippen LogP contribution in [0.2, 0.25) is 10.4 Å². The van der Waals surface area contributed by atoms with Gasteiger partial charge in [-0.25, -0.2) is 9.97 Å². The second kappa shape index (κ2) is 4.12. The van der Waals surface area contributed by atoms with Gasteiger partial charge < -0.3 is 14.0 Å². The normalized spacial score (nSPS) is 38.3. The molecule has 6 nitrogen and oxygen atoms in total. The highest BCUT2D eigenvalue weighted by molar-refractivity contribution is 6.35. The first-order chi connectivity index (χ1) is 10.4. The Kier molecular flexibility index (Phi) is 2.52. The summed E-state index contributed by atoms with van der Waals surface area (Å²) in [6, 6.07) is 0.156. The van der Waals surface area contributed by atoms with E-state index in [0.717, 1.165) is 6.42 Å². The van der Waals surface area contributed by atoms with Crippen LogP contribution < -0.4 is 0 Å². The van der Waals surface area contributed by atoms with Gasteiger partial charge in [0, 0.05) is 0 Å². The van der Waals surface area contributed by atoms with Crippen LogP contribution in [0.1, 0.15) is 26.3 Å². The summed E-state index contributed by atoms with van der Waals surface area (Å²) in [4.78, 5) is 12.6. The standard InChI is InChI=1S/C14H14Cl2N4O2/c1-14(2)21-9-6-3-5(6)8(10(9)22-14)20-4-17-7-11(15)18-13(16)19-12(7)20/h4-6,8-10H,3H2,1-2H3/t5?,6?,8-,9-,10+/m1/s1. The third-order valence-corrected chi connectivity index (χ3v) is 5.36. The second-order valence-corrected chi connectivity index (χ2v) is 7.42. The minimum atomic E-state index is -0.540. The third-order valence-electron chi connectivity index (χ3n) is 4.92. The SMILES string of the molecule is CC1(C)O[C@@H]2[C@H](O1)C1CC1[C@H]2n1cnc2c(Cl)nc(Cl)nc21. The lowest BCUT2D eigenvalue weighted by atomic mass is 10.1. The van der Waals surface area contributed by atoms with E-state index in [1.807, 2.05) is 18.4 Å². The minimum Gasteiger partial charge on any atom is -0.344 e. The van der Waals surface area contributed by atoms with Gasteiger partial charge in [-0.15, -0.1) is 0 Å². The lowest BCUT2D eigenvalue weighted by molar-refractivity contribution is -0.156. The molecule has 5 rings (SSSR count). The molecule has 1 aliphatic heterocycles. The molecule has 2 aliphatic carbocycles. The molecule has 0 spiro atoms. The first-order valence-electron chi connectivity index (χ1n) is 7.36. The molecule has 1 saturated heterocycles. The Hall–Kier alpha value is -0.950. The fourth-order valence-electron chi connectivity index (χ4n) is 4.10. The summed E-state index contributed by atoms with van der Waals surface area (Å²) in [6.45, 7) is 3.92. The smallest absolute Gasteiger partial charge is 0.225 e. The molecule has 2 unspecified atom stereocenters. The molecule has 2 aromatic rings. The molecule has 5 atom stereocenters. The van der Waals surface area contributed by atoms with Gasteiger partial charge in [0.2, 0.25) is 5.28 Å². The first-order valence-corrected chi connectivity index (χ1v) is 8.11. The average molecular weight is 341 g/mol. The summed E-state index contributed by atoms with van der Waals surface area (Å²) in [5.74, 6) is 0.556. The molecular formula is C14H14Cl2N4O2. The van der Waals surface area contributed by atoms with E-state index in [2.05, 4.69) is 15.0 Å². The number of nitrogens with zero attached hydrogens (tertiary/aromatic N) is 4. The number of aromatic nitrogens is 4. The summed E-state index contributed by atoms with van der Waals surface area (Å²) >= 11 is 12.1. The van der Waals surface area contributed by atoms with Gasteiger partial charge in [-0.05, 0) is 43.7 Å². The van der Waals surface area contributed by atoms with Crippen LogP contribution in [-0.2, 0) is 9.47 Å². The van der Waals surface area contributed by atoms with Gasteiger partial charge >= 0.3 is 0 Å². The number of rotatable bonds is 1. The Morgan fingerprint density at radius 1 is 1.18 bits per heavy atom. The zero-order chi connectivity index (χ0) is 15.2. The molecule has 0 N–H and O–H groups in total. The molecule has 0 radical (unpaired) electrons. The van der Waals surface area contributed by atoms with Crippen molar-refractivity contribution in [1.29, 1.82) is 0 Å². The number of halogens is 2. The molecule has 2 aromatic heterocycles. The summed E-state index contributed by atoms with van der Waals surface area (Å²) in [6.07, 6.45) is 3.08. The maximum Gasteiger partial charge on any atom is 0.225 e. The summed E-state index contributed by atoms with van der Waals surface area (Å²) < 4.78 is 14.2. The molecule has 116 valence electrons. The Morgan fingerprint density at radius 3 is 2.77 bits per heavy atom. The van der Waals surface area contributed by atoms with E-state index in [-0.39, 0.29) is 28.7 Å². The van der Waals surface area contributed by atoms with Gasteiger partial charge in [-0.2, -0.15) is 4.98 Å². The molecule has 3 aliphatic rings. The Morgan fingerprint density at radius 2 is 1.95 bits per heavy atom. The van der Waals surface area contributed by atoms with E-state index in [9.17, 15) is 0 Å². The van der Waals surface area contributed by atoms with Crippen molar-refractivity contribution in [2.24, 2.45) is 11.8 Å². The molecule has 2 saturated carbocycles. The fraction of sp³-hybridized carbons (Fsp3) is 0.643. The summed E-state index contributed by atoms with van der Waals surface area (Å²) in [7, 11) is 0. The van der Waals surface area contributed by atoms with Crippen molar-refractivity contribution in [2.75, 3.05) is 0 Å². The van der Waals surface area contributed by atoms with Crippen LogP contribution >= 0.6 is 23.2 Å². The molecular weight excluding hydrogens is 327 g/mol. The van der Waals surface area contributed by atoms with Crippen LogP contribution in [0.4, 0.5) is 0 Å². The van der Waals surface area contributed by atoms with Crippen LogP contribution in [0.15, 0.2) is 6.33 Å². The Labute approximate surface area is 136 Å². The van der Waals surface area contributed by atoms with E-state index >= 15 is 0 Å². The number of hydrogen-bond acceptors (Lipinski definition) is 5.